The van der Waals surface area contributed by atoms with Crippen LogP contribution in [0.1, 0.15) is 13.3 Å². The summed E-state index contributed by atoms with van der Waals surface area (Å²) in [6.07, 6.45) is 1.16. The molecule has 0 spiro atoms. The monoisotopic (exact) mass is 338 g/mol. The number of hydrogen-bond donors (Lipinski definition) is 0. The topological polar surface area (TPSA) is 32.8 Å². The van der Waals surface area contributed by atoms with E-state index in [2.05, 4.69) is 24.0 Å². The number of rotatable bonds is 6. The number of para-hydroxylation sites is 1. The van der Waals surface area contributed by atoms with Crippen molar-refractivity contribution in [2.45, 2.75) is 13.3 Å². The van der Waals surface area contributed by atoms with Crippen LogP contribution in [-0.2, 0) is 4.79 Å². The van der Waals surface area contributed by atoms with Crippen molar-refractivity contribution in [2.24, 2.45) is 0 Å². The first-order valence-corrected chi connectivity index (χ1v) is 9.05. The fraction of sp³-hybridized carbons (Fsp3) is 0.381. The van der Waals surface area contributed by atoms with E-state index in [-0.39, 0.29) is 12.5 Å². The minimum atomic E-state index is 0.0685. The number of hydrogen-bond acceptors (Lipinski definition) is 3. The van der Waals surface area contributed by atoms with E-state index in [0.717, 1.165) is 56.0 Å². The molecule has 132 valence electrons. The van der Waals surface area contributed by atoms with E-state index >= 15 is 0 Å². The van der Waals surface area contributed by atoms with Crippen molar-refractivity contribution in [3.63, 3.8) is 0 Å². The Bertz CT molecular complexity index is 679. The molecule has 1 fully saturated rings. The maximum atomic E-state index is 12.5. The number of amides is 1. The molecule has 4 nitrogen and oxygen atoms in total. The first-order chi connectivity index (χ1) is 12.3. The zero-order chi connectivity index (χ0) is 17.5. The number of carbonyl (C=O) groups is 1. The van der Waals surface area contributed by atoms with E-state index < -0.39 is 0 Å². The van der Waals surface area contributed by atoms with Gasteiger partial charge in [-0.3, -0.25) is 9.69 Å². The minimum absolute atomic E-state index is 0.0685. The maximum absolute atomic E-state index is 12.5. The van der Waals surface area contributed by atoms with Crippen LogP contribution in [0.5, 0.6) is 5.75 Å². The van der Waals surface area contributed by atoms with Gasteiger partial charge in [-0.15, -0.1) is 0 Å². The molecule has 0 unspecified atom stereocenters. The molecule has 1 aliphatic rings. The molecule has 0 atom stereocenters. The largest absolute Gasteiger partial charge is 0.483 e. The van der Waals surface area contributed by atoms with Crippen LogP contribution in [0.4, 0.5) is 0 Å². The highest BCUT2D eigenvalue weighted by Crippen LogP contribution is 2.29. The van der Waals surface area contributed by atoms with Gasteiger partial charge >= 0.3 is 0 Å². The maximum Gasteiger partial charge on any atom is 0.260 e. The lowest BCUT2D eigenvalue weighted by atomic mass is 10.1. The second kappa shape index (κ2) is 8.67. The van der Waals surface area contributed by atoms with Gasteiger partial charge in [-0.1, -0.05) is 55.5 Å². The molecule has 0 radical (unpaired) electrons. The van der Waals surface area contributed by atoms with E-state index in [1.807, 2.05) is 47.4 Å². The van der Waals surface area contributed by atoms with Gasteiger partial charge in [0, 0.05) is 31.7 Å². The fourth-order valence-corrected chi connectivity index (χ4v) is 3.22. The molecule has 0 aromatic heterocycles. The summed E-state index contributed by atoms with van der Waals surface area (Å²) in [5.41, 5.74) is 2.11. The van der Waals surface area contributed by atoms with Crippen LogP contribution in [0, 0.1) is 0 Å². The lowest BCUT2D eigenvalue weighted by Crippen LogP contribution is -2.50. The van der Waals surface area contributed by atoms with Crippen LogP contribution in [0.15, 0.2) is 54.6 Å². The summed E-state index contributed by atoms with van der Waals surface area (Å²) >= 11 is 0. The summed E-state index contributed by atoms with van der Waals surface area (Å²) in [5.74, 6) is 0.825. The van der Waals surface area contributed by atoms with Crippen LogP contribution in [0.3, 0.4) is 0 Å². The standard InChI is InChI=1S/C21H26N2O2/c1-2-12-22-13-15-23(16-14-22)21(24)17-25-20-11-7-6-10-19(20)18-8-4-3-5-9-18/h3-11H,2,12-17H2,1H3. The Morgan fingerprint density at radius 1 is 0.960 bits per heavy atom. The summed E-state index contributed by atoms with van der Waals surface area (Å²) in [5, 5.41) is 0. The van der Waals surface area contributed by atoms with Crippen molar-refractivity contribution in [1.29, 1.82) is 0 Å². The predicted octanol–water partition coefficient (Wildman–Crippen LogP) is 3.29. The Labute approximate surface area is 150 Å². The van der Waals surface area contributed by atoms with Crippen LogP contribution >= 0.6 is 0 Å². The third-order valence-corrected chi connectivity index (χ3v) is 4.59. The number of nitrogens with zero attached hydrogens (tertiary/aromatic N) is 2. The molecule has 2 aromatic rings. The average Bonchev–Trinajstić information content (AvgIpc) is 2.68. The number of ether oxygens (including phenoxy) is 1. The van der Waals surface area contributed by atoms with Gasteiger partial charge in [0.05, 0.1) is 0 Å². The van der Waals surface area contributed by atoms with Crippen LogP contribution in [-0.4, -0.2) is 55.0 Å². The summed E-state index contributed by atoms with van der Waals surface area (Å²) in [6, 6.07) is 18.0. The van der Waals surface area contributed by atoms with Crippen molar-refractivity contribution >= 4 is 5.91 Å². The summed E-state index contributed by atoms with van der Waals surface area (Å²) in [7, 11) is 0. The van der Waals surface area contributed by atoms with E-state index in [1.54, 1.807) is 0 Å². The zero-order valence-electron chi connectivity index (χ0n) is 14.9. The average molecular weight is 338 g/mol. The van der Waals surface area contributed by atoms with Gasteiger partial charge in [0.25, 0.3) is 5.91 Å². The molecule has 1 heterocycles. The van der Waals surface area contributed by atoms with E-state index in [4.69, 9.17) is 4.74 Å². The van der Waals surface area contributed by atoms with Gasteiger partial charge < -0.3 is 9.64 Å². The van der Waals surface area contributed by atoms with Crippen LogP contribution in [0.2, 0.25) is 0 Å². The quantitative estimate of drug-likeness (QED) is 0.810. The number of benzene rings is 2. The van der Waals surface area contributed by atoms with Crippen molar-refractivity contribution < 1.29 is 9.53 Å². The second-order valence-electron chi connectivity index (χ2n) is 6.37. The predicted molar refractivity (Wildman–Crippen MR) is 101 cm³/mol. The molecule has 4 heteroatoms. The third-order valence-electron chi connectivity index (χ3n) is 4.59. The highest BCUT2D eigenvalue weighted by atomic mass is 16.5. The van der Waals surface area contributed by atoms with Gasteiger partial charge in [0.2, 0.25) is 0 Å². The highest BCUT2D eigenvalue weighted by Gasteiger charge is 2.21. The first-order valence-electron chi connectivity index (χ1n) is 9.05. The fourth-order valence-electron chi connectivity index (χ4n) is 3.22. The Hall–Kier alpha value is -2.33. The molecule has 1 aliphatic heterocycles. The molecular weight excluding hydrogens is 312 g/mol. The van der Waals surface area contributed by atoms with Gasteiger partial charge in [-0.2, -0.15) is 0 Å². The molecule has 1 saturated heterocycles. The summed E-state index contributed by atoms with van der Waals surface area (Å²) in [4.78, 5) is 16.8. The third kappa shape index (κ3) is 4.60. The van der Waals surface area contributed by atoms with Gasteiger partial charge in [-0.05, 0) is 24.6 Å². The molecule has 0 N–H and O–H groups in total. The van der Waals surface area contributed by atoms with Crippen LogP contribution in [0.25, 0.3) is 11.1 Å². The van der Waals surface area contributed by atoms with Gasteiger partial charge in [-0.25, -0.2) is 0 Å². The Balaban J connectivity index is 1.58. The molecule has 0 bridgehead atoms. The van der Waals surface area contributed by atoms with E-state index in [9.17, 15) is 4.79 Å². The molecule has 25 heavy (non-hydrogen) atoms. The normalized spacial score (nSPS) is 15.2. The number of piperazine rings is 1. The lowest BCUT2D eigenvalue weighted by molar-refractivity contribution is -0.135. The summed E-state index contributed by atoms with van der Waals surface area (Å²) in [6.45, 7) is 6.90. The SMILES string of the molecule is CCCN1CCN(C(=O)COc2ccccc2-c2ccccc2)CC1. The molecule has 0 saturated carbocycles. The van der Waals surface area contributed by atoms with Crippen LogP contribution < -0.4 is 4.74 Å². The van der Waals surface area contributed by atoms with Crippen molar-refractivity contribution in [2.75, 3.05) is 39.3 Å². The molecule has 1 amide bonds. The Kier molecular flexibility index (Phi) is 6.07. The highest BCUT2D eigenvalue weighted by molar-refractivity contribution is 5.78. The molecule has 2 aromatic carbocycles. The van der Waals surface area contributed by atoms with E-state index in [0.29, 0.717) is 0 Å². The van der Waals surface area contributed by atoms with E-state index in [1.165, 1.54) is 0 Å². The Morgan fingerprint density at radius 3 is 2.36 bits per heavy atom. The van der Waals surface area contributed by atoms with Gasteiger partial charge in [0.15, 0.2) is 6.61 Å². The number of carbonyl (C=O) groups excluding carboxylic acids is 1. The van der Waals surface area contributed by atoms with Crippen molar-refractivity contribution in [3.8, 4) is 16.9 Å². The van der Waals surface area contributed by atoms with Crippen molar-refractivity contribution in [1.82, 2.24) is 9.80 Å². The second-order valence-corrected chi connectivity index (χ2v) is 6.37. The smallest absolute Gasteiger partial charge is 0.260 e. The molecule has 3 rings (SSSR count). The molecular formula is C21H26N2O2. The lowest BCUT2D eigenvalue weighted by Gasteiger charge is -2.34. The summed E-state index contributed by atoms with van der Waals surface area (Å²) < 4.78 is 5.88. The minimum Gasteiger partial charge on any atom is -0.483 e. The van der Waals surface area contributed by atoms with Crippen molar-refractivity contribution in [3.05, 3.63) is 54.6 Å². The zero-order valence-corrected chi connectivity index (χ0v) is 14.9. The van der Waals surface area contributed by atoms with Gasteiger partial charge in [0.1, 0.15) is 5.75 Å². The molecule has 0 aliphatic carbocycles. The Morgan fingerprint density at radius 2 is 1.64 bits per heavy atom. The first kappa shape index (κ1) is 17.5.